The maximum absolute atomic E-state index is 11.2. The van der Waals surface area contributed by atoms with Gasteiger partial charge in [0.2, 0.25) is 0 Å². The Balaban J connectivity index is 1.64. The highest BCUT2D eigenvalue weighted by molar-refractivity contribution is 5.71. The summed E-state index contributed by atoms with van der Waals surface area (Å²) in [6, 6.07) is 2.79. The van der Waals surface area contributed by atoms with E-state index in [4.69, 9.17) is 0 Å². The second-order valence-electron chi connectivity index (χ2n) is 5.41. The van der Waals surface area contributed by atoms with Gasteiger partial charge in [0.25, 0.3) is 0 Å². The van der Waals surface area contributed by atoms with E-state index in [1.54, 1.807) is 0 Å². The van der Waals surface area contributed by atoms with Gasteiger partial charge in [0.05, 0.1) is 5.92 Å². The van der Waals surface area contributed by atoms with Gasteiger partial charge in [-0.3, -0.25) is 14.4 Å². The van der Waals surface area contributed by atoms with Gasteiger partial charge in [-0.2, -0.15) is 5.10 Å². The summed E-state index contributed by atoms with van der Waals surface area (Å²) in [7, 11) is 1.95. The number of carbonyl (C=O) groups is 1. The number of hydrogen-bond acceptors (Lipinski definition) is 3. The van der Waals surface area contributed by atoms with Crippen molar-refractivity contribution >= 4 is 5.97 Å². The number of aliphatic carboxylic acids is 1. The molecule has 2 aliphatic heterocycles. The molecule has 0 amide bonds. The molecule has 1 aromatic heterocycles. The van der Waals surface area contributed by atoms with Crippen LogP contribution in [-0.4, -0.2) is 44.4 Å². The Labute approximate surface area is 106 Å². The van der Waals surface area contributed by atoms with Crippen LogP contribution >= 0.6 is 0 Å². The maximum Gasteiger partial charge on any atom is 0.308 e. The smallest absolute Gasteiger partial charge is 0.308 e. The van der Waals surface area contributed by atoms with Crippen molar-refractivity contribution in [3.05, 3.63) is 18.0 Å². The van der Waals surface area contributed by atoms with E-state index in [0.29, 0.717) is 6.04 Å². The van der Waals surface area contributed by atoms with Crippen LogP contribution in [0.1, 0.15) is 25.0 Å². The van der Waals surface area contributed by atoms with Crippen molar-refractivity contribution in [2.75, 3.05) is 6.54 Å². The highest BCUT2D eigenvalue weighted by atomic mass is 16.4. The van der Waals surface area contributed by atoms with Crippen LogP contribution in [0.5, 0.6) is 0 Å². The maximum atomic E-state index is 11.2. The summed E-state index contributed by atoms with van der Waals surface area (Å²) in [4.78, 5) is 13.6. The van der Waals surface area contributed by atoms with E-state index in [-0.39, 0.29) is 12.0 Å². The van der Waals surface area contributed by atoms with E-state index < -0.39 is 5.97 Å². The average molecular weight is 249 g/mol. The van der Waals surface area contributed by atoms with Gasteiger partial charge < -0.3 is 5.11 Å². The Morgan fingerprint density at radius 3 is 3.00 bits per heavy atom. The SMILES string of the molecule is Cn1nccc1CCN1C2CCC1C(C(=O)O)C2. The summed E-state index contributed by atoms with van der Waals surface area (Å²) in [6.45, 7) is 0.957. The predicted molar refractivity (Wildman–Crippen MR) is 66.2 cm³/mol. The molecular formula is C13H19N3O2. The summed E-state index contributed by atoms with van der Waals surface area (Å²) in [5.41, 5.74) is 1.22. The zero-order valence-electron chi connectivity index (χ0n) is 10.6. The van der Waals surface area contributed by atoms with E-state index in [9.17, 15) is 9.90 Å². The highest BCUT2D eigenvalue weighted by Crippen LogP contribution is 2.41. The third-order valence-corrected chi connectivity index (χ3v) is 4.55. The largest absolute Gasteiger partial charge is 0.481 e. The van der Waals surface area contributed by atoms with E-state index in [2.05, 4.69) is 10.00 Å². The first kappa shape index (κ1) is 11.7. The molecule has 2 aliphatic rings. The highest BCUT2D eigenvalue weighted by Gasteiger charge is 2.48. The summed E-state index contributed by atoms with van der Waals surface area (Å²) >= 11 is 0. The molecule has 0 aromatic carbocycles. The molecule has 0 radical (unpaired) electrons. The zero-order chi connectivity index (χ0) is 12.7. The van der Waals surface area contributed by atoms with Gasteiger partial charge in [0.1, 0.15) is 0 Å². The van der Waals surface area contributed by atoms with Gasteiger partial charge in [-0.25, -0.2) is 0 Å². The lowest BCUT2D eigenvalue weighted by molar-refractivity contribution is -0.142. The van der Waals surface area contributed by atoms with Crippen molar-refractivity contribution in [2.24, 2.45) is 13.0 Å². The van der Waals surface area contributed by atoms with Crippen molar-refractivity contribution in [3.8, 4) is 0 Å². The van der Waals surface area contributed by atoms with E-state index >= 15 is 0 Å². The molecule has 1 N–H and O–H groups in total. The zero-order valence-corrected chi connectivity index (χ0v) is 10.6. The number of nitrogens with zero attached hydrogens (tertiary/aromatic N) is 3. The van der Waals surface area contributed by atoms with Gasteiger partial charge in [0.15, 0.2) is 0 Å². The molecule has 98 valence electrons. The Hall–Kier alpha value is -1.36. The lowest BCUT2D eigenvalue weighted by Crippen LogP contribution is -2.34. The van der Waals surface area contributed by atoms with E-state index in [0.717, 1.165) is 25.8 Å². The average Bonchev–Trinajstić information content (AvgIpc) is 3.01. The van der Waals surface area contributed by atoms with Crippen molar-refractivity contribution in [1.82, 2.24) is 14.7 Å². The molecule has 2 fully saturated rings. The molecule has 3 unspecified atom stereocenters. The number of aromatic nitrogens is 2. The second-order valence-corrected chi connectivity index (χ2v) is 5.41. The van der Waals surface area contributed by atoms with Crippen LogP contribution in [0.25, 0.3) is 0 Å². The van der Waals surface area contributed by atoms with Gasteiger partial charge in [0, 0.05) is 44.0 Å². The van der Waals surface area contributed by atoms with Gasteiger partial charge in [-0.15, -0.1) is 0 Å². The Morgan fingerprint density at radius 1 is 1.56 bits per heavy atom. The lowest BCUT2D eigenvalue weighted by atomic mass is 9.89. The van der Waals surface area contributed by atoms with E-state index in [1.807, 2.05) is 24.0 Å². The van der Waals surface area contributed by atoms with Gasteiger partial charge in [-0.05, 0) is 25.3 Å². The first-order valence-electron chi connectivity index (χ1n) is 6.62. The number of hydrogen-bond donors (Lipinski definition) is 1. The lowest BCUT2D eigenvalue weighted by Gasteiger charge is -2.22. The van der Waals surface area contributed by atoms with Crippen molar-refractivity contribution in [3.63, 3.8) is 0 Å². The molecule has 5 nitrogen and oxygen atoms in total. The van der Waals surface area contributed by atoms with Crippen LogP contribution in [0.2, 0.25) is 0 Å². The van der Waals surface area contributed by atoms with Gasteiger partial charge >= 0.3 is 5.97 Å². The molecule has 2 saturated heterocycles. The molecular weight excluding hydrogens is 230 g/mol. The normalized spacial score (nSPS) is 31.1. The van der Waals surface area contributed by atoms with Crippen LogP contribution < -0.4 is 0 Å². The van der Waals surface area contributed by atoms with Crippen LogP contribution in [-0.2, 0) is 18.3 Å². The Morgan fingerprint density at radius 2 is 2.39 bits per heavy atom. The first-order chi connectivity index (χ1) is 8.66. The number of fused-ring (bicyclic) bond motifs is 2. The van der Waals surface area contributed by atoms with Crippen LogP contribution in [0.4, 0.5) is 0 Å². The summed E-state index contributed by atoms with van der Waals surface area (Å²) in [5, 5.41) is 13.4. The molecule has 0 spiro atoms. The van der Waals surface area contributed by atoms with E-state index in [1.165, 1.54) is 12.1 Å². The molecule has 0 aliphatic carbocycles. The molecule has 3 rings (SSSR count). The molecule has 2 bridgehead atoms. The number of aryl methyl sites for hydroxylation is 1. The third kappa shape index (κ3) is 1.82. The number of carboxylic acids is 1. The minimum absolute atomic E-state index is 0.143. The Kier molecular flexibility index (Phi) is 2.86. The van der Waals surface area contributed by atoms with Crippen LogP contribution in [0.3, 0.4) is 0 Å². The third-order valence-electron chi connectivity index (χ3n) is 4.55. The molecule has 3 heterocycles. The monoisotopic (exact) mass is 249 g/mol. The number of carboxylic acid groups (broad SMARTS) is 1. The molecule has 18 heavy (non-hydrogen) atoms. The standard InChI is InChI=1S/C13H19N3O2/c1-15-9(4-6-14-15)5-7-16-10-2-3-12(16)11(8-10)13(17)18/h4,6,10-12H,2-3,5,7-8H2,1H3,(H,17,18). The minimum atomic E-state index is -0.618. The topological polar surface area (TPSA) is 58.4 Å². The van der Waals surface area contributed by atoms with Gasteiger partial charge in [-0.1, -0.05) is 0 Å². The summed E-state index contributed by atoms with van der Waals surface area (Å²) < 4.78 is 1.90. The van der Waals surface area contributed by atoms with Crippen molar-refractivity contribution in [1.29, 1.82) is 0 Å². The summed E-state index contributed by atoms with van der Waals surface area (Å²) in [6.07, 6.45) is 5.82. The predicted octanol–water partition coefficient (Wildman–Crippen LogP) is 0.900. The quantitative estimate of drug-likeness (QED) is 0.861. The first-order valence-corrected chi connectivity index (χ1v) is 6.62. The fraction of sp³-hybridized carbons (Fsp3) is 0.692. The molecule has 1 aromatic rings. The summed E-state index contributed by atoms with van der Waals surface area (Å²) in [5.74, 6) is -0.761. The fourth-order valence-corrected chi connectivity index (χ4v) is 3.61. The number of rotatable bonds is 4. The van der Waals surface area contributed by atoms with Crippen LogP contribution in [0.15, 0.2) is 12.3 Å². The van der Waals surface area contributed by atoms with Crippen molar-refractivity contribution < 1.29 is 9.90 Å². The Bertz CT molecular complexity index is 457. The second kappa shape index (κ2) is 4.39. The van der Waals surface area contributed by atoms with Crippen molar-refractivity contribution in [2.45, 2.75) is 37.8 Å². The molecule has 5 heteroatoms. The molecule has 0 saturated carbocycles. The minimum Gasteiger partial charge on any atom is -0.481 e. The fourth-order valence-electron chi connectivity index (χ4n) is 3.61. The van der Waals surface area contributed by atoms with Crippen LogP contribution in [0, 0.1) is 5.92 Å². The molecule has 3 atom stereocenters.